The van der Waals surface area contributed by atoms with E-state index in [0.717, 1.165) is 0 Å². The average molecular weight is 278 g/mol. The second kappa shape index (κ2) is 6.01. The number of hydrogen-bond acceptors (Lipinski definition) is 7. The zero-order valence-corrected chi connectivity index (χ0v) is 10.8. The van der Waals surface area contributed by atoms with Gasteiger partial charge >= 0.3 is 5.97 Å². The summed E-state index contributed by atoms with van der Waals surface area (Å²) in [6.07, 6.45) is 4.30. The van der Waals surface area contributed by atoms with Gasteiger partial charge in [-0.05, 0) is 0 Å². The number of esters is 1. The van der Waals surface area contributed by atoms with Crippen LogP contribution in [0.2, 0.25) is 0 Å². The minimum Gasteiger partial charge on any atom is -0.464 e. The highest BCUT2D eigenvalue weighted by molar-refractivity contribution is 7.09. The molecule has 0 aromatic carbocycles. The van der Waals surface area contributed by atoms with Crippen LogP contribution in [-0.2, 0) is 11.3 Å². The van der Waals surface area contributed by atoms with Crippen molar-refractivity contribution in [2.75, 3.05) is 7.11 Å². The van der Waals surface area contributed by atoms with Crippen molar-refractivity contribution in [3.05, 3.63) is 40.4 Å². The van der Waals surface area contributed by atoms with E-state index < -0.39 is 5.97 Å². The van der Waals surface area contributed by atoms with Gasteiger partial charge in [-0.25, -0.2) is 14.8 Å². The molecular formula is C11H10N4O3S. The van der Waals surface area contributed by atoms with Crippen LogP contribution in [0.1, 0.15) is 26.0 Å². The summed E-state index contributed by atoms with van der Waals surface area (Å²) in [6.45, 7) is 0.219. The van der Waals surface area contributed by atoms with Crippen LogP contribution in [0, 0.1) is 0 Å². The topological polar surface area (TPSA) is 94.1 Å². The fourth-order valence-electron chi connectivity index (χ4n) is 1.25. The van der Waals surface area contributed by atoms with E-state index in [4.69, 9.17) is 0 Å². The maximum Gasteiger partial charge on any atom is 0.357 e. The Hall–Kier alpha value is -2.35. The van der Waals surface area contributed by atoms with Crippen LogP contribution >= 0.6 is 11.3 Å². The number of nitrogens with zero attached hydrogens (tertiary/aromatic N) is 3. The molecule has 2 aromatic rings. The van der Waals surface area contributed by atoms with Gasteiger partial charge in [0.1, 0.15) is 10.7 Å². The van der Waals surface area contributed by atoms with E-state index in [1.165, 1.54) is 37.0 Å². The molecular weight excluding hydrogens is 268 g/mol. The fraction of sp³-hybridized carbons (Fsp3) is 0.182. The third-order valence-corrected chi connectivity index (χ3v) is 2.99. The molecule has 19 heavy (non-hydrogen) atoms. The Morgan fingerprint density at radius 1 is 1.37 bits per heavy atom. The zero-order chi connectivity index (χ0) is 13.7. The van der Waals surface area contributed by atoms with Crippen LogP contribution in [0.25, 0.3) is 0 Å². The van der Waals surface area contributed by atoms with E-state index in [2.05, 4.69) is 25.0 Å². The number of thiazole rings is 1. The van der Waals surface area contributed by atoms with Crippen molar-refractivity contribution in [1.29, 1.82) is 0 Å². The highest BCUT2D eigenvalue weighted by atomic mass is 32.1. The molecule has 8 heteroatoms. The molecule has 98 valence electrons. The first-order valence-corrected chi connectivity index (χ1v) is 6.15. The summed E-state index contributed by atoms with van der Waals surface area (Å²) >= 11 is 1.27. The number of methoxy groups -OCH3 is 1. The number of aromatic nitrogens is 3. The number of rotatable bonds is 4. The van der Waals surface area contributed by atoms with Crippen LogP contribution in [0.4, 0.5) is 0 Å². The van der Waals surface area contributed by atoms with E-state index in [1.807, 2.05) is 0 Å². The summed E-state index contributed by atoms with van der Waals surface area (Å²) in [5, 5.41) is 4.83. The van der Waals surface area contributed by atoms with Crippen molar-refractivity contribution in [3.63, 3.8) is 0 Å². The van der Waals surface area contributed by atoms with Gasteiger partial charge in [-0.1, -0.05) is 0 Å². The lowest BCUT2D eigenvalue weighted by molar-refractivity contribution is 0.0594. The van der Waals surface area contributed by atoms with Crippen LogP contribution in [0.3, 0.4) is 0 Å². The Morgan fingerprint density at radius 3 is 2.89 bits per heavy atom. The highest BCUT2D eigenvalue weighted by Crippen LogP contribution is 2.10. The Morgan fingerprint density at radius 2 is 2.21 bits per heavy atom. The first-order valence-electron chi connectivity index (χ1n) is 5.27. The third kappa shape index (κ3) is 3.32. The Bertz CT molecular complexity index is 585. The molecule has 0 aliphatic heterocycles. The van der Waals surface area contributed by atoms with Gasteiger partial charge in [-0.2, -0.15) is 0 Å². The summed E-state index contributed by atoms with van der Waals surface area (Å²) in [5.41, 5.74) is 0.462. The smallest absolute Gasteiger partial charge is 0.357 e. The monoisotopic (exact) mass is 278 g/mol. The summed E-state index contributed by atoms with van der Waals surface area (Å²) in [5.74, 6) is -0.842. The lowest BCUT2D eigenvalue weighted by atomic mass is 10.4. The Balaban J connectivity index is 1.94. The average Bonchev–Trinajstić information content (AvgIpc) is 2.93. The lowest BCUT2D eigenvalue weighted by Gasteiger charge is -2.01. The molecule has 7 nitrogen and oxygen atoms in total. The predicted octanol–water partition coefficient (Wildman–Crippen LogP) is 0.650. The minimum absolute atomic E-state index is 0.219. The molecule has 0 spiro atoms. The molecule has 0 fully saturated rings. The van der Waals surface area contributed by atoms with E-state index in [-0.39, 0.29) is 23.8 Å². The van der Waals surface area contributed by atoms with Gasteiger partial charge in [0.25, 0.3) is 5.91 Å². The van der Waals surface area contributed by atoms with Crippen molar-refractivity contribution in [2.45, 2.75) is 6.54 Å². The van der Waals surface area contributed by atoms with Crippen LogP contribution < -0.4 is 5.32 Å². The Labute approximate surface area is 112 Å². The summed E-state index contributed by atoms with van der Waals surface area (Å²) in [6, 6.07) is 0. The quantitative estimate of drug-likeness (QED) is 0.825. The molecule has 1 amide bonds. The molecule has 0 bridgehead atoms. The molecule has 2 aromatic heterocycles. The SMILES string of the molecule is COC(=O)c1csc(CNC(=O)c2cnccn2)n1. The van der Waals surface area contributed by atoms with Gasteiger partial charge < -0.3 is 10.1 Å². The number of hydrogen-bond donors (Lipinski definition) is 1. The van der Waals surface area contributed by atoms with Gasteiger partial charge in [0, 0.05) is 17.8 Å². The van der Waals surface area contributed by atoms with Gasteiger partial charge in [-0.15, -0.1) is 11.3 Å². The molecule has 0 aliphatic rings. The first kappa shape index (κ1) is 13.1. The normalized spacial score (nSPS) is 9.95. The summed E-state index contributed by atoms with van der Waals surface area (Å²) < 4.78 is 4.54. The number of amides is 1. The molecule has 0 saturated heterocycles. The Kier molecular flexibility index (Phi) is 4.14. The maximum absolute atomic E-state index is 11.7. The molecule has 2 heterocycles. The van der Waals surface area contributed by atoms with E-state index in [0.29, 0.717) is 5.01 Å². The van der Waals surface area contributed by atoms with Crippen LogP contribution in [-0.4, -0.2) is 33.9 Å². The fourth-order valence-corrected chi connectivity index (χ4v) is 1.96. The highest BCUT2D eigenvalue weighted by Gasteiger charge is 2.12. The molecule has 0 atom stereocenters. The molecule has 0 saturated carbocycles. The number of nitrogens with one attached hydrogen (secondary N) is 1. The first-order chi connectivity index (χ1) is 9.20. The molecule has 1 N–H and O–H groups in total. The zero-order valence-electron chi connectivity index (χ0n) is 9.99. The maximum atomic E-state index is 11.7. The van der Waals surface area contributed by atoms with Crippen molar-refractivity contribution in [3.8, 4) is 0 Å². The molecule has 0 radical (unpaired) electrons. The molecule has 0 unspecified atom stereocenters. The number of carbonyl (C=O) groups excluding carboxylic acids is 2. The standard InChI is InChI=1S/C11H10N4O3S/c1-18-11(17)8-6-19-9(15-8)5-14-10(16)7-4-12-2-3-13-7/h2-4,6H,5H2,1H3,(H,14,16). The summed E-state index contributed by atoms with van der Waals surface area (Å²) in [7, 11) is 1.29. The van der Waals surface area contributed by atoms with E-state index in [9.17, 15) is 9.59 Å². The predicted molar refractivity (Wildman–Crippen MR) is 66.7 cm³/mol. The minimum atomic E-state index is -0.497. The van der Waals surface area contributed by atoms with Crippen molar-refractivity contribution < 1.29 is 14.3 Å². The van der Waals surface area contributed by atoms with Gasteiger partial charge in [-0.3, -0.25) is 9.78 Å². The summed E-state index contributed by atoms with van der Waals surface area (Å²) in [4.78, 5) is 34.6. The number of carbonyl (C=O) groups is 2. The molecule has 0 aliphatic carbocycles. The van der Waals surface area contributed by atoms with Crippen molar-refractivity contribution in [2.24, 2.45) is 0 Å². The van der Waals surface area contributed by atoms with Gasteiger partial charge in [0.2, 0.25) is 0 Å². The third-order valence-electron chi connectivity index (χ3n) is 2.14. The van der Waals surface area contributed by atoms with Gasteiger partial charge in [0.05, 0.1) is 19.9 Å². The van der Waals surface area contributed by atoms with E-state index >= 15 is 0 Å². The number of ether oxygens (including phenoxy) is 1. The second-order valence-electron chi connectivity index (χ2n) is 3.39. The van der Waals surface area contributed by atoms with Crippen LogP contribution in [0.5, 0.6) is 0 Å². The second-order valence-corrected chi connectivity index (χ2v) is 4.33. The van der Waals surface area contributed by atoms with Crippen molar-refractivity contribution >= 4 is 23.2 Å². The van der Waals surface area contributed by atoms with Crippen molar-refractivity contribution in [1.82, 2.24) is 20.3 Å². The lowest BCUT2D eigenvalue weighted by Crippen LogP contribution is -2.23. The molecule has 2 rings (SSSR count). The van der Waals surface area contributed by atoms with Gasteiger partial charge in [0.15, 0.2) is 5.69 Å². The van der Waals surface area contributed by atoms with Crippen LogP contribution in [0.15, 0.2) is 24.0 Å². The van der Waals surface area contributed by atoms with E-state index in [1.54, 1.807) is 5.38 Å². The largest absolute Gasteiger partial charge is 0.464 e.